The van der Waals surface area contributed by atoms with Gasteiger partial charge in [0, 0.05) is 39.1 Å². The van der Waals surface area contributed by atoms with Crippen LogP contribution in [0.15, 0.2) is 0 Å². The summed E-state index contributed by atoms with van der Waals surface area (Å²) < 4.78 is 4.82. The second-order valence-corrected chi connectivity index (χ2v) is 6.17. The van der Waals surface area contributed by atoms with E-state index in [0.717, 1.165) is 6.42 Å². The van der Waals surface area contributed by atoms with Gasteiger partial charge in [0.15, 0.2) is 0 Å². The van der Waals surface area contributed by atoms with Gasteiger partial charge in [0.25, 0.3) is 0 Å². The lowest BCUT2D eigenvalue weighted by molar-refractivity contribution is -0.122. The third-order valence-electron chi connectivity index (χ3n) is 2.62. The van der Waals surface area contributed by atoms with Crippen molar-refractivity contribution in [1.29, 1.82) is 0 Å². The van der Waals surface area contributed by atoms with Crippen molar-refractivity contribution < 1.29 is 14.3 Å². The third-order valence-corrected chi connectivity index (χ3v) is 2.62. The summed E-state index contributed by atoms with van der Waals surface area (Å²) in [7, 11) is 1.58. The fourth-order valence-corrected chi connectivity index (χ4v) is 1.87. The fraction of sp³-hybridized carbons (Fsp3) is 0.857. The van der Waals surface area contributed by atoms with E-state index in [0.29, 0.717) is 26.1 Å². The van der Waals surface area contributed by atoms with E-state index in [4.69, 9.17) is 10.5 Å². The highest BCUT2D eigenvalue weighted by atomic mass is 16.5. The Labute approximate surface area is 121 Å². The molecule has 2 amide bonds. The quantitative estimate of drug-likeness (QED) is 0.535. The molecule has 0 heterocycles. The number of hydrogen-bond acceptors (Lipinski definition) is 4. The van der Waals surface area contributed by atoms with E-state index in [2.05, 4.69) is 31.4 Å². The number of nitrogens with one attached hydrogen (secondary N) is 2. The molecule has 6 heteroatoms. The Kier molecular flexibility index (Phi) is 9.16. The molecule has 1 unspecified atom stereocenters. The van der Waals surface area contributed by atoms with Crippen molar-refractivity contribution in [2.24, 2.45) is 11.1 Å². The van der Waals surface area contributed by atoms with Gasteiger partial charge in [-0.05, 0) is 11.8 Å². The number of carbonyl (C=O) groups is 2. The molecule has 0 aliphatic rings. The third kappa shape index (κ3) is 11.9. The molecule has 1 atom stereocenters. The largest absolute Gasteiger partial charge is 0.383 e. The van der Waals surface area contributed by atoms with Crippen LogP contribution in [0.5, 0.6) is 0 Å². The van der Waals surface area contributed by atoms with Crippen LogP contribution in [0.4, 0.5) is 0 Å². The van der Waals surface area contributed by atoms with E-state index in [1.165, 1.54) is 0 Å². The highest BCUT2D eigenvalue weighted by Crippen LogP contribution is 2.20. The van der Waals surface area contributed by atoms with Crippen molar-refractivity contribution in [2.75, 3.05) is 26.8 Å². The van der Waals surface area contributed by atoms with Crippen LogP contribution in [0.3, 0.4) is 0 Å². The summed E-state index contributed by atoms with van der Waals surface area (Å²) in [6.45, 7) is 7.58. The van der Waals surface area contributed by atoms with Crippen molar-refractivity contribution in [2.45, 2.75) is 46.1 Å². The van der Waals surface area contributed by atoms with Gasteiger partial charge >= 0.3 is 0 Å². The molecule has 0 aliphatic heterocycles. The summed E-state index contributed by atoms with van der Waals surface area (Å²) in [6.07, 6.45) is 1.35. The number of rotatable bonds is 9. The zero-order valence-electron chi connectivity index (χ0n) is 13.1. The molecular weight excluding hydrogens is 258 g/mol. The molecule has 0 rings (SSSR count). The van der Waals surface area contributed by atoms with E-state index >= 15 is 0 Å². The molecule has 0 radical (unpaired) electrons. The summed E-state index contributed by atoms with van der Waals surface area (Å²) in [4.78, 5) is 23.0. The number of nitrogens with two attached hydrogens (primary N) is 1. The molecule has 0 saturated heterocycles. The van der Waals surface area contributed by atoms with E-state index in [9.17, 15) is 9.59 Å². The zero-order valence-corrected chi connectivity index (χ0v) is 13.1. The Balaban J connectivity index is 3.70. The summed E-state index contributed by atoms with van der Waals surface area (Å²) in [5, 5.41) is 5.40. The maximum Gasteiger partial charge on any atom is 0.221 e. The molecule has 0 fully saturated rings. The maximum atomic E-state index is 11.6. The fourth-order valence-electron chi connectivity index (χ4n) is 1.87. The van der Waals surface area contributed by atoms with Crippen LogP contribution in [0.2, 0.25) is 0 Å². The van der Waals surface area contributed by atoms with Crippen molar-refractivity contribution >= 4 is 11.8 Å². The first kappa shape index (κ1) is 18.9. The predicted octanol–water partition coefficient (Wildman–Crippen LogP) is 0.409. The Bertz CT molecular complexity index is 301. The number of ether oxygens (including phenoxy) is 1. The summed E-state index contributed by atoms with van der Waals surface area (Å²) in [5.74, 6) is -0.201. The van der Waals surface area contributed by atoms with Crippen LogP contribution in [-0.2, 0) is 14.3 Å². The first-order chi connectivity index (χ1) is 9.24. The number of methoxy groups -OCH3 is 1. The molecule has 0 spiro atoms. The summed E-state index contributed by atoms with van der Waals surface area (Å²) in [6, 6.07) is -0.148. The lowest BCUT2D eigenvalue weighted by Crippen LogP contribution is -2.36. The van der Waals surface area contributed by atoms with Crippen molar-refractivity contribution in [1.82, 2.24) is 10.6 Å². The monoisotopic (exact) mass is 287 g/mol. The van der Waals surface area contributed by atoms with Crippen LogP contribution < -0.4 is 16.4 Å². The minimum atomic E-state index is -0.148. The number of hydrogen-bond donors (Lipinski definition) is 3. The Morgan fingerprint density at radius 3 is 2.30 bits per heavy atom. The summed E-state index contributed by atoms with van der Waals surface area (Å²) in [5.41, 5.74) is 6.03. The lowest BCUT2D eigenvalue weighted by atomic mass is 9.87. The topological polar surface area (TPSA) is 93.5 Å². The van der Waals surface area contributed by atoms with Gasteiger partial charge in [-0.25, -0.2) is 0 Å². The first-order valence-corrected chi connectivity index (χ1v) is 7.02. The van der Waals surface area contributed by atoms with Gasteiger partial charge in [-0.3, -0.25) is 9.59 Å². The van der Waals surface area contributed by atoms with E-state index in [-0.39, 0.29) is 29.7 Å². The Morgan fingerprint density at radius 1 is 1.15 bits per heavy atom. The zero-order chi connectivity index (χ0) is 15.6. The van der Waals surface area contributed by atoms with E-state index < -0.39 is 0 Å². The molecule has 118 valence electrons. The molecule has 0 aromatic heterocycles. The van der Waals surface area contributed by atoms with Gasteiger partial charge in [0.1, 0.15) is 0 Å². The molecule has 0 saturated carbocycles. The van der Waals surface area contributed by atoms with Gasteiger partial charge in [0.2, 0.25) is 11.8 Å². The molecule has 6 nitrogen and oxygen atoms in total. The van der Waals surface area contributed by atoms with Gasteiger partial charge in [-0.1, -0.05) is 20.8 Å². The van der Waals surface area contributed by atoms with Crippen LogP contribution in [0.25, 0.3) is 0 Å². The summed E-state index contributed by atoms with van der Waals surface area (Å²) >= 11 is 0. The minimum Gasteiger partial charge on any atom is -0.383 e. The normalized spacial score (nSPS) is 12.8. The van der Waals surface area contributed by atoms with Crippen molar-refractivity contribution in [3.63, 3.8) is 0 Å². The Morgan fingerprint density at radius 2 is 1.75 bits per heavy atom. The lowest BCUT2D eigenvalue weighted by Gasteiger charge is -2.22. The molecule has 0 aliphatic carbocycles. The van der Waals surface area contributed by atoms with Crippen LogP contribution in [0.1, 0.15) is 40.0 Å². The second kappa shape index (κ2) is 9.72. The average molecular weight is 287 g/mol. The van der Waals surface area contributed by atoms with Gasteiger partial charge in [0.05, 0.1) is 6.61 Å². The van der Waals surface area contributed by atoms with Gasteiger partial charge in [-0.15, -0.1) is 0 Å². The highest BCUT2D eigenvalue weighted by molar-refractivity contribution is 5.79. The molecule has 4 N–H and O–H groups in total. The predicted molar refractivity (Wildman–Crippen MR) is 79.2 cm³/mol. The SMILES string of the molecule is COCCNC(=O)CCNC(=O)CC(N)CC(C)(C)C. The van der Waals surface area contributed by atoms with Gasteiger partial charge < -0.3 is 21.1 Å². The molecule has 0 bridgehead atoms. The minimum absolute atomic E-state index is 0.0960. The smallest absolute Gasteiger partial charge is 0.221 e. The van der Waals surface area contributed by atoms with Gasteiger partial charge in [-0.2, -0.15) is 0 Å². The molecule has 0 aromatic rings. The van der Waals surface area contributed by atoms with Crippen molar-refractivity contribution in [3.05, 3.63) is 0 Å². The van der Waals surface area contributed by atoms with Crippen LogP contribution >= 0.6 is 0 Å². The number of amides is 2. The molecule has 0 aromatic carbocycles. The highest BCUT2D eigenvalue weighted by Gasteiger charge is 2.18. The first-order valence-electron chi connectivity index (χ1n) is 7.02. The maximum absolute atomic E-state index is 11.6. The van der Waals surface area contributed by atoms with Crippen LogP contribution in [0, 0.1) is 5.41 Å². The standard InChI is InChI=1S/C14H29N3O3/c1-14(2,3)10-11(15)9-13(19)16-6-5-12(18)17-7-8-20-4/h11H,5-10,15H2,1-4H3,(H,16,19)(H,17,18). The van der Waals surface area contributed by atoms with Crippen LogP contribution in [-0.4, -0.2) is 44.7 Å². The average Bonchev–Trinajstić information content (AvgIpc) is 2.26. The van der Waals surface area contributed by atoms with E-state index in [1.807, 2.05) is 0 Å². The molecular formula is C14H29N3O3. The Hall–Kier alpha value is -1.14. The van der Waals surface area contributed by atoms with Crippen molar-refractivity contribution in [3.8, 4) is 0 Å². The molecule has 20 heavy (non-hydrogen) atoms. The number of carbonyl (C=O) groups excluding carboxylic acids is 2. The second-order valence-electron chi connectivity index (χ2n) is 6.17. The van der Waals surface area contributed by atoms with E-state index in [1.54, 1.807) is 7.11 Å².